The SMILES string of the molecule is CCN1CCOC(COc2c(C)cc(Br)cc2CNC)C1. The van der Waals surface area contributed by atoms with Gasteiger partial charge in [0.25, 0.3) is 0 Å². The monoisotopic (exact) mass is 356 g/mol. The van der Waals surface area contributed by atoms with E-state index in [1.165, 1.54) is 5.56 Å². The summed E-state index contributed by atoms with van der Waals surface area (Å²) in [5.74, 6) is 0.977. The van der Waals surface area contributed by atoms with E-state index < -0.39 is 0 Å². The molecule has 0 saturated carbocycles. The number of ether oxygens (including phenoxy) is 2. The molecule has 2 rings (SSSR count). The topological polar surface area (TPSA) is 33.7 Å². The zero-order chi connectivity index (χ0) is 15.2. The van der Waals surface area contributed by atoms with Crippen molar-refractivity contribution in [3.05, 3.63) is 27.7 Å². The van der Waals surface area contributed by atoms with Gasteiger partial charge in [-0.25, -0.2) is 0 Å². The number of likely N-dealkylation sites (N-methyl/N-ethyl adjacent to an activating group) is 1. The Hall–Kier alpha value is -0.620. The maximum Gasteiger partial charge on any atom is 0.126 e. The van der Waals surface area contributed by atoms with Gasteiger partial charge in [0.05, 0.1) is 6.61 Å². The molecule has 0 aromatic heterocycles. The largest absolute Gasteiger partial charge is 0.490 e. The van der Waals surface area contributed by atoms with Crippen LogP contribution in [0.15, 0.2) is 16.6 Å². The summed E-state index contributed by atoms with van der Waals surface area (Å²) < 4.78 is 13.0. The van der Waals surface area contributed by atoms with Crippen molar-refractivity contribution >= 4 is 15.9 Å². The van der Waals surface area contributed by atoms with Crippen molar-refractivity contribution in [3.8, 4) is 5.75 Å². The molecule has 118 valence electrons. The fraction of sp³-hybridized carbons (Fsp3) is 0.625. The van der Waals surface area contributed by atoms with Gasteiger partial charge < -0.3 is 14.8 Å². The number of aryl methyl sites for hydroxylation is 1. The van der Waals surface area contributed by atoms with Crippen LogP contribution in [0.25, 0.3) is 0 Å². The summed E-state index contributed by atoms with van der Waals surface area (Å²) in [6.07, 6.45) is 0.157. The lowest BCUT2D eigenvalue weighted by Crippen LogP contribution is -2.44. The number of rotatable bonds is 6. The van der Waals surface area contributed by atoms with E-state index in [2.05, 4.69) is 52.1 Å². The van der Waals surface area contributed by atoms with E-state index >= 15 is 0 Å². The van der Waals surface area contributed by atoms with Crippen LogP contribution < -0.4 is 10.1 Å². The Morgan fingerprint density at radius 2 is 2.29 bits per heavy atom. The Labute approximate surface area is 135 Å². The van der Waals surface area contributed by atoms with Gasteiger partial charge in [0, 0.05) is 29.7 Å². The molecule has 1 aromatic rings. The average molecular weight is 357 g/mol. The summed E-state index contributed by atoms with van der Waals surface area (Å²) in [6.45, 7) is 9.51. The quantitative estimate of drug-likeness (QED) is 0.849. The molecular formula is C16H25BrN2O2. The van der Waals surface area contributed by atoms with Gasteiger partial charge in [-0.05, 0) is 38.2 Å². The highest BCUT2D eigenvalue weighted by Crippen LogP contribution is 2.28. The van der Waals surface area contributed by atoms with Crippen LogP contribution >= 0.6 is 15.9 Å². The molecule has 0 amide bonds. The van der Waals surface area contributed by atoms with Crippen LogP contribution in [-0.2, 0) is 11.3 Å². The number of hydrogen-bond acceptors (Lipinski definition) is 4. The second-order valence-electron chi connectivity index (χ2n) is 5.44. The minimum Gasteiger partial charge on any atom is -0.490 e. The van der Waals surface area contributed by atoms with Crippen molar-refractivity contribution in [3.63, 3.8) is 0 Å². The fourth-order valence-electron chi connectivity index (χ4n) is 2.67. The first kappa shape index (κ1) is 16.7. The Kier molecular flexibility index (Phi) is 6.48. The summed E-state index contributed by atoms with van der Waals surface area (Å²) in [4.78, 5) is 2.40. The van der Waals surface area contributed by atoms with E-state index in [1.807, 2.05) is 7.05 Å². The zero-order valence-electron chi connectivity index (χ0n) is 13.1. The summed E-state index contributed by atoms with van der Waals surface area (Å²) >= 11 is 3.55. The Bertz CT molecular complexity index is 468. The van der Waals surface area contributed by atoms with Crippen LogP contribution in [0, 0.1) is 6.92 Å². The fourth-order valence-corrected chi connectivity index (χ4v) is 3.29. The molecule has 21 heavy (non-hydrogen) atoms. The lowest BCUT2D eigenvalue weighted by molar-refractivity contribution is -0.0466. The number of nitrogens with one attached hydrogen (secondary N) is 1. The number of benzene rings is 1. The van der Waals surface area contributed by atoms with E-state index in [1.54, 1.807) is 0 Å². The molecule has 1 unspecified atom stereocenters. The molecule has 1 heterocycles. The highest BCUT2D eigenvalue weighted by molar-refractivity contribution is 9.10. The number of halogens is 1. The Balaban J connectivity index is 2.02. The summed E-state index contributed by atoms with van der Waals surface area (Å²) in [5, 5.41) is 3.19. The van der Waals surface area contributed by atoms with Crippen molar-refractivity contribution in [1.29, 1.82) is 0 Å². The van der Waals surface area contributed by atoms with Crippen molar-refractivity contribution in [2.45, 2.75) is 26.5 Å². The van der Waals surface area contributed by atoms with Gasteiger partial charge >= 0.3 is 0 Å². The number of morpholine rings is 1. The second-order valence-corrected chi connectivity index (χ2v) is 6.35. The van der Waals surface area contributed by atoms with Gasteiger partial charge in [-0.2, -0.15) is 0 Å². The first-order valence-electron chi connectivity index (χ1n) is 7.54. The lowest BCUT2D eigenvalue weighted by atomic mass is 10.1. The minimum absolute atomic E-state index is 0.157. The normalized spacial score (nSPS) is 19.7. The molecule has 1 atom stereocenters. The highest BCUT2D eigenvalue weighted by atomic mass is 79.9. The van der Waals surface area contributed by atoms with Gasteiger partial charge in [0.1, 0.15) is 18.5 Å². The standard InChI is InChI=1S/C16H25BrN2O2/c1-4-19-5-6-20-15(10-19)11-21-16-12(2)7-14(17)8-13(16)9-18-3/h7-8,15,18H,4-6,9-11H2,1-3H3. The van der Waals surface area contributed by atoms with Crippen LogP contribution in [0.4, 0.5) is 0 Å². The zero-order valence-corrected chi connectivity index (χ0v) is 14.7. The molecule has 1 aromatic carbocycles. The average Bonchev–Trinajstić information content (AvgIpc) is 2.47. The van der Waals surface area contributed by atoms with Crippen molar-refractivity contribution in [2.24, 2.45) is 0 Å². The molecule has 1 aliphatic rings. The molecule has 1 saturated heterocycles. The predicted molar refractivity (Wildman–Crippen MR) is 89.0 cm³/mol. The predicted octanol–water partition coefficient (Wildman–Crippen LogP) is 2.58. The third-order valence-corrected chi connectivity index (χ3v) is 4.23. The van der Waals surface area contributed by atoms with Crippen LogP contribution in [0.1, 0.15) is 18.1 Å². The molecule has 0 aliphatic carbocycles. The number of nitrogens with zero attached hydrogens (tertiary/aromatic N) is 1. The minimum atomic E-state index is 0.157. The van der Waals surface area contributed by atoms with Crippen molar-refractivity contribution in [2.75, 3.05) is 39.9 Å². The molecular weight excluding hydrogens is 332 g/mol. The van der Waals surface area contributed by atoms with Gasteiger partial charge in [-0.15, -0.1) is 0 Å². The van der Waals surface area contributed by atoms with Gasteiger partial charge in [-0.1, -0.05) is 22.9 Å². The van der Waals surface area contributed by atoms with Crippen molar-refractivity contribution in [1.82, 2.24) is 10.2 Å². The molecule has 5 heteroatoms. The van der Waals surface area contributed by atoms with E-state index in [9.17, 15) is 0 Å². The van der Waals surface area contributed by atoms with Crippen LogP contribution in [0.5, 0.6) is 5.75 Å². The summed E-state index contributed by atoms with van der Waals surface area (Å²) in [6, 6.07) is 4.20. The van der Waals surface area contributed by atoms with Crippen LogP contribution in [0.3, 0.4) is 0 Å². The van der Waals surface area contributed by atoms with Crippen LogP contribution in [-0.4, -0.2) is 50.9 Å². The first-order chi connectivity index (χ1) is 10.1. The maximum atomic E-state index is 6.10. The lowest BCUT2D eigenvalue weighted by Gasteiger charge is -2.32. The molecule has 0 spiro atoms. The molecule has 1 aliphatic heterocycles. The van der Waals surface area contributed by atoms with E-state index in [-0.39, 0.29) is 6.10 Å². The third-order valence-electron chi connectivity index (χ3n) is 3.77. The van der Waals surface area contributed by atoms with Gasteiger partial charge in [0.2, 0.25) is 0 Å². The van der Waals surface area contributed by atoms with Gasteiger partial charge in [0.15, 0.2) is 0 Å². The molecule has 4 nitrogen and oxygen atoms in total. The Morgan fingerprint density at radius 1 is 1.48 bits per heavy atom. The molecule has 1 fully saturated rings. The molecule has 1 N–H and O–H groups in total. The molecule has 0 bridgehead atoms. The first-order valence-corrected chi connectivity index (χ1v) is 8.33. The number of hydrogen-bond donors (Lipinski definition) is 1. The van der Waals surface area contributed by atoms with E-state index in [4.69, 9.17) is 9.47 Å². The maximum absolute atomic E-state index is 6.10. The van der Waals surface area contributed by atoms with Crippen molar-refractivity contribution < 1.29 is 9.47 Å². The second kappa shape index (κ2) is 8.13. The Morgan fingerprint density at radius 3 is 3.00 bits per heavy atom. The smallest absolute Gasteiger partial charge is 0.126 e. The highest BCUT2D eigenvalue weighted by Gasteiger charge is 2.20. The van der Waals surface area contributed by atoms with Gasteiger partial charge in [-0.3, -0.25) is 4.90 Å². The van der Waals surface area contributed by atoms with E-state index in [0.717, 1.165) is 48.6 Å². The summed E-state index contributed by atoms with van der Waals surface area (Å²) in [5.41, 5.74) is 2.32. The molecule has 0 radical (unpaired) electrons. The van der Waals surface area contributed by atoms with E-state index in [0.29, 0.717) is 6.61 Å². The summed E-state index contributed by atoms with van der Waals surface area (Å²) in [7, 11) is 1.95. The third kappa shape index (κ3) is 4.68. The van der Waals surface area contributed by atoms with Crippen LogP contribution in [0.2, 0.25) is 0 Å².